The molecular weight excluding hydrogens is 334 g/mol. The molecule has 6 nitrogen and oxygen atoms in total. The summed E-state index contributed by atoms with van der Waals surface area (Å²) in [5.74, 6) is -0.0353. The molecule has 6 heteroatoms. The Morgan fingerprint density at radius 3 is 2.65 bits per heavy atom. The number of carboxylic acid groups (broad SMARTS) is 1. The van der Waals surface area contributed by atoms with Crippen molar-refractivity contribution in [1.82, 2.24) is 5.06 Å². The summed E-state index contributed by atoms with van der Waals surface area (Å²) >= 11 is 0. The van der Waals surface area contributed by atoms with Gasteiger partial charge in [-0.05, 0) is 36.6 Å². The van der Waals surface area contributed by atoms with Crippen LogP contribution in [0.2, 0.25) is 0 Å². The summed E-state index contributed by atoms with van der Waals surface area (Å²) in [6, 6.07) is 12.5. The molecule has 0 radical (unpaired) electrons. The maximum atomic E-state index is 11.7. The highest BCUT2D eigenvalue weighted by molar-refractivity contribution is 6.17. The quantitative estimate of drug-likeness (QED) is 0.704. The second-order valence-electron chi connectivity index (χ2n) is 6.54. The van der Waals surface area contributed by atoms with E-state index in [0.717, 1.165) is 28.7 Å². The van der Waals surface area contributed by atoms with E-state index in [1.165, 1.54) is 0 Å². The largest absolute Gasteiger partial charge is 0.489 e. The van der Waals surface area contributed by atoms with Gasteiger partial charge < -0.3 is 9.84 Å². The van der Waals surface area contributed by atoms with Gasteiger partial charge in [-0.15, -0.1) is 0 Å². The van der Waals surface area contributed by atoms with Crippen molar-refractivity contribution in [1.29, 1.82) is 0 Å². The van der Waals surface area contributed by atoms with Crippen molar-refractivity contribution in [3.05, 3.63) is 64.7 Å². The lowest BCUT2D eigenvalue weighted by Crippen LogP contribution is -2.35. The summed E-state index contributed by atoms with van der Waals surface area (Å²) in [6.07, 6.45) is 1.45. The lowest BCUT2D eigenvalue weighted by molar-refractivity contribution is -0.192. The fourth-order valence-electron chi connectivity index (χ4n) is 3.27. The molecule has 2 aliphatic carbocycles. The van der Waals surface area contributed by atoms with E-state index >= 15 is 0 Å². The first-order valence-corrected chi connectivity index (χ1v) is 8.63. The molecule has 1 N–H and O–H groups in total. The Hall–Kier alpha value is -2.70. The van der Waals surface area contributed by atoms with Crippen LogP contribution in [0, 0.1) is 0 Å². The van der Waals surface area contributed by atoms with Gasteiger partial charge in [-0.1, -0.05) is 24.3 Å². The van der Waals surface area contributed by atoms with Crippen molar-refractivity contribution in [2.24, 2.45) is 0 Å². The van der Waals surface area contributed by atoms with Gasteiger partial charge in [0.15, 0.2) is 5.78 Å². The Kier molecular flexibility index (Phi) is 4.44. The van der Waals surface area contributed by atoms with Crippen LogP contribution in [-0.2, 0) is 22.8 Å². The van der Waals surface area contributed by atoms with Gasteiger partial charge in [-0.2, -0.15) is 5.06 Å². The number of hydrogen-bond acceptors (Lipinski definition) is 5. The number of benzene rings is 2. The number of carbonyl (C=O) groups excluding carboxylic acids is 1. The number of hydrogen-bond donors (Lipinski definition) is 1. The molecule has 1 aliphatic heterocycles. The highest BCUT2D eigenvalue weighted by Crippen LogP contribution is 2.26. The minimum atomic E-state index is -0.842. The summed E-state index contributed by atoms with van der Waals surface area (Å²) in [6.45, 7) is 1.31. The average Bonchev–Trinajstić information content (AvgIpc) is 3.14. The number of carboxylic acids is 1. The summed E-state index contributed by atoms with van der Waals surface area (Å²) in [4.78, 5) is 28.5. The Labute approximate surface area is 150 Å². The van der Waals surface area contributed by atoms with Crippen LogP contribution in [0.3, 0.4) is 0 Å². The normalized spacial score (nSPS) is 18.6. The first-order chi connectivity index (χ1) is 12.6. The van der Waals surface area contributed by atoms with Gasteiger partial charge >= 0.3 is 5.97 Å². The van der Waals surface area contributed by atoms with Gasteiger partial charge in [0.25, 0.3) is 0 Å². The summed E-state index contributed by atoms with van der Waals surface area (Å²) < 4.78 is 5.75. The SMILES string of the molecule is O=C1c2ccc(COc3ccc(CON4CCC[C@@H]4C(=O)O)cc3)c1c2. The van der Waals surface area contributed by atoms with Gasteiger partial charge in [-0.3, -0.25) is 14.4 Å². The van der Waals surface area contributed by atoms with E-state index in [1.54, 1.807) is 5.06 Å². The topological polar surface area (TPSA) is 76.1 Å². The zero-order valence-corrected chi connectivity index (χ0v) is 14.2. The molecule has 1 saturated heterocycles. The van der Waals surface area contributed by atoms with E-state index in [4.69, 9.17) is 14.7 Å². The summed E-state index contributed by atoms with van der Waals surface area (Å²) in [5.41, 5.74) is 3.34. The number of carbonyl (C=O) groups is 2. The molecule has 2 aromatic rings. The molecule has 134 valence electrons. The van der Waals surface area contributed by atoms with Crippen LogP contribution < -0.4 is 4.74 Å². The third-order valence-electron chi connectivity index (χ3n) is 4.82. The predicted molar refractivity (Wildman–Crippen MR) is 92.8 cm³/mol. The summed E-state index contributed by atoms with van der Waals surface area (Å²) in [7, 11) is 0. The van der Waals surface area contributed by atoms with Crippen LogP contribution in [-0.4, -0.2) is 34.5 Å². The molecule has 2 aromatic carbocycles. The number of aliphatic carboxylic acids is 1. The van der Waals surface area contributed by atoms with Crippen molar-refractivity contribution in [3.8, 4) is 5.75 Å². The Bertz CT molecular complexity index is 842. The molecule has 0 spiro atoms. The molecule has 3 aliphatic rings. The lowest BCUT2D eigenvalue weighted by atomic mass is 9.87. The number of ether oxygens (including phenoxy) is 1. The predicted octanol–water partition coefficient (Wildman–Crippen LogP) is 2.79. The maximum absolute atomic E-state index is 11.7. The molecule has 0 aromatic heterocycles. The fourth-order valence-corrected chi connectivity index (χ4v) is 3.27. The average molecular weight is 353 g/mol. The molecule has 5 rings (SSSR count). The van der Waals surface area contributed by atoms with E-state index in [1.807, 2.05) is 42.5 Å². The number of rotatable bonds is 7. The second kappa shape index (κ2) is 6.90. The smallest absolute Gasteiger partial charge is 0.323 e. The minimum Gasteiger partial charge on any atom is -0.489 e. The first-order valence-electron chi connectivity index (χ1n) is 8.63. The molecule has 26 heavy (non-hydrogen) atoms. The molecule has 1 fully saturated rings. The number of nitrogens with zero attached hydrogens (tertiary/aromatic N) is 1. The number of hydroxylamine groups is 2. The van der Waals surface area contributed by atoms with Gasteiger partial charge in [0, 0.05) is 23.2 Å². The van der Waals surface area contributed by atoms with E-state index in [-0.39, 0.29) is 5.78 Å². The minimum absolute atomic E-state index is 0.0974. The maximum Gasteiger partial charge on any atom is 0.323 e. The lowest BCUT2D eigenvalue weighted by Gasteiger charge is -2.20. The van der Waals surface area contributed by atoms with Crippen molar-refractivity contribution in [2.45, 2.75) is 32.1 Å². The second-order valence-corrected chi connectivity index (χ2v) is 6.54. The van der Waals surface area contributed by atoms with Crippen LogP contribution in [0.15, 0.2) is 42.5 Å². The van der Waals surface area contributed by atoms with E-state index in [9.17, 15) is 9.59 Å². The standard InChI is InChI=1S/C20H19NO5/c22-19-14-5-6-15(17(19)10-14)12-25-16-7-3-13(4-8-16)11-26-21-9-1-2-18(21)20(23)24/h3-8,10,18H,1-2,9,11-12H2,(H,23,24)/t18-/m1/s1. The van der Waals surface area contributed by atoms with Crippen molar-refractivity contribution < 1.29 is 24.3 Å². The molecule has 0 saturated carbocycles. The van der Waals surface area contributed by atoms with Crippen LogP contribution in [0.1, 0.15) is 39.9 Å². The zero-order chi connectivity index (χ0) is 18.1. The van der Waals surface area contributed by atoms with Crippen molar-refractivity contribution >= 4 is 11.8 Å². The third kappa shape index (κ3) is 3.21. The Morgan fingerprint density at radius 2 is 1.96 bits per heavy atom. The van der Waals surface area contributed by atoms with E-state index in [0.29, 0.717) is 31.9 Å². The molecule has 0 unspecified atom stereocenters. The number of fused-ring (bicyclic) bond motifs is 2. The van der Waals surface area contributed by atoms with Crippen LogP contribution >= 0.6 is 0 Å². The van der Waals surface area contributed by atoms with Gasteiger partial charge in [-0.25, -0.2) is 0 Å². The summed E-state index contributed by atoms with van der Waals surface area (Å²) in [5, 5.41) is 10.7. The molecule has 1 heterocycles. The van der Waals surface area contributed by atoms with Crippen molar-refractivity contribution in [3.63, 3.8) is 0 Å². The van der Waals surface area contributed by atoms with E-state index < -0.39 is 12.0 Å². The van der Waals surface area contributed by atoms with E-state index in [2.05, 4.69) is 0 Å². The molecule has 0 amide bonds. The third-order valence-corrected chi connectivity index (χ3v) is 4.82. The first kappa shape index (κ1) is 16.8. The Balaban J connectivity index is 1.30. The van der Waals surface area contributed by atoms with Gasteiger partial charge in [0.2, 0.25) is 0 Å². The monoisotopic (exact) mass is 353 g/mol. The molecular formula is C20H19NO5. The molecule has 1 atom stereocenters. The van der Waals surface area contributed by atoms with Crippen molar-refractivity contribution in [2.75, 3.05) is 6.54 Å². The highest BCUT2D eigenvalue weighted by atomic mass is 16.7. The molecule has 2 bridgehead atoms. The van der Waals surface area contributed by atoms with Crippen LogP contribution in [0.5, 0.6) is 5.75 Å². The Morgan fingerprint density at radius 1 is 1.15 bits per heavy atom. The van der Waals surface area contributed by atoms with Crippen LogP contribution in [0.4, 0.5) is 0 Å². The highest BCUT2D eigenvalue weighted by Gasteiger charge is 2.31. The van der Waals surface area contributed by atoms with Gasteiger partial charge in [0.1, 0.15) is 18.4 Å². The number of ketones is 1. The van der Waals surface area contributed by atoms with Crippen LogP contribution in [0.25, 0.3) is 0 Å². The van der Waals surface area contributed by atoms with Gasteiger partial charge in [0.05, 0.1) is 6.61 Å². The fraction of sp³-hybridized carbons (Fsp3) is 0.300. The zero-order valence-electron chi connectivity index (χ0n) is 14.2.